The zero-order chi connectivity index (χ0) is 23.4. The van der Waals surface area contributed by atoms with Crippen LogP contribution in [0.25, 0.3) is 16.9 Å². The van der Waals surface area contributed by atoms with Crippen molar-refractivity contribution in [2.75, 3.05) is 24.9 Å². The zero-order valence-corrected chi connectivity index (χ0v) is 17.7. The van der Waals surface area contributed by atoms with Crippen LogP contribution in [-0.4, -0.2) is 45.0 Å². The summed E-state index contributed by atoms with van der Waals surface area (Å²) in [6.07, 6.45) is 0.337. The first kappa shape index (κ1) is 21.4. The van der Waals surface area contributed by atoms with Crippen LogP contribution in [-0.2, 0) is 6.54 Å². The van der Waals surface area contributed by atoms with Gasteiger partial charge in [-0.25, -0.2) is 14.3 Å². The maximum absolute atomic E-state index is 11.0. The number of rotatable bonds is 7. The highest BCUT2D eigenvalue weighted by Crippen LogP contribution is 2.27. The van der Waals surface area contributed by atoms with Gasteiger partial charge in [0.15, 0.2) is 11.5 Å². The van der Waals surface area contributed by atoms with Crippen molar-refractivity contribution < 1.29 is 19.4 Å². The highest BCUT2D eigenvalue weighted by atomic mass is 16.5. The molecule has 2 aromatic heterocycles. The van der Waals surface area contributed by atoms with Crippen LogP contribution in [0.1, 0.15) is 11.1 Å². The van der Waals surface area contributed by atoms with E-state index in [2.05, 4.69) is 31.8 Å². The number of hydrogen-bond donors (Lipinski definition) is 3. The fraction of sp³-hybridized carbons (Fsp3) is 0.136. The Morgan fingerprint density at radius 2 is 2.03 bits per heavy atom. The number of amides is 1. The first-order valence-electron chi connectivity index (χ1n) is 9.73. The van der Waals surface area contributed by atoms with Crippen molar-refractivity contribution in [1.82, 2.24) is 19.6 Å². The van der Waals surface area contributed by atoms with Gasteiger partial charge < -0.3 is 19.9 Å². The van der Waals surface area contributed by atoms with Crippen molar-refractivity contribution in [2.45, 2.75) is 6.54 Å². The molecule has 4 rings (SSSR count). The second-order valence-electron chi connectivity index (χ2n) is 6.83. The van der Waals surface area contributed by atoms with E-state index in [1.165, 1.54) is 4.52 Å². The highest BCUT2D eigenvalue weighted by molar-refractivity contribution is 5.81. The van der Waals surface area contributed by atoms with E-state index in [9.17, 15) is 10.1 Å². The second-order valence-corrected chi connectivity index (χ2v) is 6.83. The summed E-state index contributed by atoms with van der Waals surface area (Å²) in [5, 5.41) is 27.8. The number of fused-ring (bicyclic) bond motifs is 1. The Morgan fingerprint density at radius 1 is 1.18 bits per heavy atom. The molecule has 0 saturated carbocycles. The van der Waals surface area contributed by atoms with E-state index in [1.54, 1.807) is 44.7 Å². The predicted molar refractivity (Wildman–Crippen MR) is 119 cm³/mol. The fourth-order valence-corrected chi connectivity index (χ4v) is 3.22. The minimum atomic E-state index is -1.28. The largest absolute Gasteiger partial charge is 0.497 e. The molecule has 33 heavy (non-hydrogen) atoms. The third-order valence-electron chi connectivity index (χ3n) is 4.77. The Kier molecular flexibility index (Phi) is 5.90. The Labute approximate surface area is 188 Å². The normalized spacial score (nSPS) is 10.5. The number of hydrogen-bond acceptors (Lipinski definition) is 8. The lowest BCUT2D eigenvalue weighted by Gasteiger charge is -2.13. The van der Waals surface area contributed by atoms with E-state index in [0.717, 1.165) is 5.56 Å². The van der Waals surface area contributed by atoms with Gasteiger partial charge in [0, 0.05) is 23.7 Å². The second kappa shape index (κ2) is 9.11. The molecule has 0 saturated heterocycles. The number of anilines is 2. The first-order chi connectivity index (χ1) is 16.0. The van der Waals surface area contributed by atoms with Gasteiger partial charge in [0.2, 0.25) is 0 Å². The number of aromatic nitrogens is 4. The van der Waals surface area contributed by atoms with Gasteiger partial charge in [0.1, 0.15) is 11.5 Å². The molecule has 3 N–H and O–H groups in total. The van der Waals surface area contributed by atoms with Gasteiger partial charge in [-0.15, -0.1) is 5.10 Å². The van der Waals surface area contributed by atoms with Crippen molar-refractivity contribution in [3.8, 4) is 28.8 Å². The molecule has 1 amide bonds. The van der Waals surface area contributed by atoms with E-state index in [1.807, 2.05) is 18.2 Å². The average molecular weight is 445 g/mol. The molecule has 11 heteroatoms. The van der Waals surface area contributed by atoms with Gasteiger partial charge in [-0.1, -0.05) is 12.1 Å². The van der Waals surface area contributed by atoms with Gasteiger partial charge in [-0.3, -0.25) is 5.32 Å². The van der Waals surface area contributed by atoms with Crippen LogP contribution in [0.3, 0.4) is 0 Å². The highest BCUT2D eigenvalue weighted by Gasteiger charge is 2.15. The lowest BCUT2D eigenvalue weighted by atomic mass is 10.1. The predicted octanol–water partition coefficient (Wildman–Crippen LogP) is 3.38. The Balaban J connectivity index is 1.75. The van der Waals surface area contributed by atoms with Crippen molar-refractivity contribution >= 4 is 23.5 Å². The molecular formula is C22H19N7O4. The Morgan fingerprint density at radius 3 is 2.76 bits per heavy atom. The molecular weight excluding hydrogens is 426 g/mol. The topological polar surface area (TPSA) is 147 Å². The number of nitrogens with one attached hydrogen (secondary N) is 2. The third-order valence-corrected chi connectivity index (χ3v) is 4.77. The molecule has 0 unspecified atom stereocenters. The SMILES string of the molecule is COc1ccc(CNc2nc(-c3cccc(C#N)c3)cn3nc(NC(=O)O)nc23)c(OC)c1. The molecule has 0 aliphatic carbocycles. The van der Waals surface area contributed by atoms with Gasteiger partial charge in [-0.05, 0) is 24.3 Å². The van der Waals surface area contributed by atoms with Crippen molar-refractivity contribution in [2.24, 2.45) is 0 Å². The summed E-state index contributed by atoms with van der Waals surface area (Å²) in [4.78, 5) is 19.9. The zero-order valence-electron chi connectivity index (χ0n) is 17.7. The Bertz CT molecular complexity index is 1380. The molecule has 11 nitrogen and oxygen atoms in total. The summed E-state index contributed by atoms with van der Waals surface area (Å²) in [6, 6.07) is 14.5. The standard InChI is InChI=1S/C22H19N7O4/c1-32-16-7-6-15(18(9-16)33-2)11-24-19-20-26-21(27-22(30)31)28-29(20)12-17(25-19)14-5-3-4-13(8-14)10-23/h3-9,12H,11H2,1-2H3,(H,24,25)(H,27,28)(H,30,31). The van der Waals surface area contributed by atoms with Crippen LogP contribution < -0.4 is 20.1 Å². The monoisotopic (exact) mass is 445 g/mol. The number of carboxylic acid groups (broad SMARTS) is 1. The summed E-state index contributed by atoms with van der Waals surface area (Å²) in [5.41, 5.74) is 2.88. The van der Waals surface area contributed by atoms with Crippen LogP contribution in [0.2, 0.25) is 0 Å². The molecule has 4 aromatic rings. The molecule has 2 aromatic carbocycles. The van der Waals surface area contributed by atoms with E-state index in [0.29, 0.717) is 46.3 Å². The van der Waals surface area contributed by atoms with Crippen LogP contribution in [0.15, 0.2) is 48.7 Å². The number of nitriles is 1. The number of methoxy groups -OCH3 is 2. The summed E-state index contributed by atoms with van der Waals surface area (Å²) < 4.78 is 12.1. The van der Waals surface area contributed by atoms with Crippen LogP contribution in [0, 0.1) is 11.3 Å². The molecule has 2 heterocycles. The van der Waals surface area contributed by atoms with Crippen molar-refractivity contribution in [3.05, 3.63) is 59.8 Å². The van der Waals surface area contributed by atoms with Gasteiger partial charge in [-0.2, -0.15) is 10.2 Å². The van der Waals surface area contributed by atoms with Crippen LogP contribution in [0.4, 0.5) is 16.6 Å². The third kappa shape index (κ3) is 4.59. The molecule has 0 atom stereocenters. The van der Waals surface area contributed by atoms with E-state index in [-0.39, 0.29) is 5.95 Å². The summed E-state index contributed by atoms with van der Waals surface area (Å²) in [5.74, 6) is 1.58. The van der Waals surface area contributed by atoms with E-state index in [4.69, 9.17) is 14.6 Å². The minimum absolute atomic E-state index is 0.0858. The molecule has 0 fully saturated rings. The molecule has 0 bridgehead atoms. The quantitative estimate of drug-likeness (QED) is 0.389. The number of carbonyl (C=O) groups is 1. The summed E-state index contributed by atoms with van der Waals surface area (Å²) in [6.45, 7) is 0.339. The van der Waals surface area contributed by atoms with E-state index < -0.39 is 6.09 Å². The number of benzene rings is 2. The lowest BCUT2D eigenvalue weighted by molar-refractivity contribution is 0.209. The maximum Gasteiger partial charge on any atom is 0.411 e. The number of ether oxygens (including phenoxy) is 2. The molecule has 0 radical (unpaired) electrons. The van der Waals surface area contributed by atoms with Gasteiger partial charge in [0.05, 0.1) is 37.7 Å². The fourth-order valence-electron chi connectivity index (χ4n) is 3.22. The summed E-state index contributed by atoms with van der Waals surface area (Å²) in [7, 11) is 3.15. The average Bonchev–Trinajstić information content (AvgIpc) is 3.24. The molecule has 0 spiro atoms. The first-order valence-corrected chi connectivity index (χ1v) is 9.73. The smallest absolute Gasteiger partial charge is 0.411 e. The van der Waals surface area contributed by atoms with Crippen LogP contribution >= 0.6 is 0 Å². The molecule has 166 valence electrons. The van der Waals surface area contributed by atoms with Crippen molar-refractivity contribution in [3.63, 3.8) is 0 Å². The number of nitrogens with zero attached hydrogens (tertiary/aromatic N) is 5. The maximum atomic E-state index is 11.0. The van der Waals surface area contributed by atoms with Gasteiger partial charge in [0.25, 0.3) is 5.95 Å². The molecule has 0 aliphatic rings. The minimum Gasteiger partial charge on any atom is -0.497 e. The van der Waals surface area contributed by atoms with Crippen LogP contribution in [0.5, 0.6) is 11.5 Å². The molecule has 0 aliphatic heterocycles. The lowest BCUT2D eigenvalue weighted by Crippen LogP contribution is -2.08. The van der Waals surface area contributed by atoms with Crippen molar-refractivity contribution in [1.29, 1.82) is 5.26 Å². The van der Waals surface area contributed by atoms with E-state index >= 15 is 0 Å². The summed E-state index contributed by atoms with van der Waals surface area (Å²) >= 11 is 0. The Hall–Kier alpha value is -4.85. The van der Waals surface area contributed by atoms with Gasteiger partial charge >= 0.3 is 6.09 Å².